The highest BCUT2D eigenvalue weighted by molar-refractivity contribution is 5.95. The van der Waals surface area contributed by atoms with Crippen LogP contribution >= 0.6 is 0 Å². The van der Waals surface area contributed by atoms with Gasteiger partial charge in [0.15, 0.2) is 0 Å². The second-order valence-corrected chi connectivity index (χ2v) is 9.50. The van der Waals surface area contributed by atoms with Gasteiger partial charge in [-0.3, -0.25) is 0 Å². The van der Waals surface area contributed by atoms with Crippen LogP contribution in [0.3, 0.4) is 0 Å². The number of aryl methyl sites for hydroxylation is 3. The maximum atomic E-state index is 5.87. The van der Waals surface area contributed by atoms with E-state index in [1.165, 1.54) is 50.6 Å². The molecule has 1 aliphatic heterocycles. The molecule has 1 aliphatic rings. The molecule has 0 spiro atoms. The zero-order chi connectivity index (χ0) is 23.2. The smallest absolute Gasteiger partial charge is 0.125 e. The minimum absolute atomic E-state index is 0.351. The van der Waals surface area contributed by atoms with Crippen LogP contribution in [0.25, 0.3) is 11.1 Å². The standard InChI is InChI=1S/C29H36N2O/c1-9-32-29-21(7)15-24(16-22(29)8)23-11-13-26-28(17-23)31(19(4)5)25-12-10-20(6)14-27(25)30(26)18(2)3/h10-19H,9H2,1-8H3. The largest absolute Gasteiger partial charge is 0.493 e. The molecule has 0 unspecified atom stereocenters. The van der Waals surface area contributed by atoms with E-state index in [1.54, 1.807) is 0 Å². The van der Waals surface area contributed by atoms with E-state index in [4.69, 9.17) is 4.74 Å². The van der Waals surface area contributed by atoms with Gasteiger partial charge in [-0.25, -0.2) is 0 Å². The van der Waals surface area contributed by atoms with Crippen molar-refractivity contribution in [3.8, 4) is 16.9 Å². The average Bonchev–Trinajstić information content (AvgIpc) is 2.73. The number of benzene rings is 3. The highest BCUT2D eigenvalue weighted by Gasteiger charge is 2.31. The quantitative estimate of drug-likeness (QED) is 0.408. The monoisotopic (exact) mass is 428 g/mol. The molecule has 0 amide bonds. The number of rotatable bonds is 5. The van der Waals surface area contributed by atoms with E-state index in [-0.39, 0.29) is 0 Å². The molecule has 0 fully saturated rings. The van der Waals surface area contributed by atoms with E-state index in [1.807, 2.05) is 6.92 Å². The minimum Gasteiger partial charge on any atom is -0.493 e. The van der Waals surface area contributed by atoms with Crippen LogP contribution in [0.15, 0.2) is 48.5 Å². The van der Waals surface area contributed by atoms with Crippen molar-refractivity contribution in [3.05, 3.63) is 65.2 Å². The van der Waals surface area contributed by atoms with Gasteiger partial charge in [-0.05, 0) is 120 Å². The first kappa shape index (κ1) is 22.3. The Bertz CT molecular complexity index is 1120. The molecule has 3 nitrogen and oxygen atoms in total. The molecule has 168 valence electrons. The lowest BCUT2D eigenvalue weighted by atomic mass is 9.96. The predicted molar refractivity (Wildman–Crippen MR) is 138 cm³/mol. The van der Waals surface area contributed by atoms with Crippen LogP contribution in [0.4, 0.5) is 22.7 Å². The van der Waals surface area contributed by atoms with Crippen molar-refractivity contribution in [1.29, 1.82) is 0 Å². The molecule has 0 radical (unpaired) electrons. The van der Waals surface area contributed by atoms with E-state index in [0.717, 1.165) is 5.75 Å². The molecule has 1 heterocycles. The zero-order valence-electron chi connectivity index (χ0n) is 20.8. The predicted octanol–water partition coefficient (Wildman–Crippen LogP) is 8.08. The summed E-state index contributed by atoms with van der Waals surface area (Å²) < 4.78 is 5.87. The molecule has 0 aromatic heterocycles. The van der Waals surface area contributed by atoms with E-state index in [0.29, 0.717) is 18.7 Å². The van der Waals surface area contributed by atoms with Crippen LogP contribution in [-0.2, 0) is 0 Å². The number of anilines is 4. The minimum atomic E-state index is 0.351. The third-order valence-corrected chi connectivity index (χ3v) is 6.26. The molecule has 0 bridgehead atoms. The lowest BCUT2D eigenvalue weighted by Gasteiger charge is -2.44. The van der Waals surface area contributed by atoms with Crippen molar-refractivity contribution in [2.45, 2.75) is 67.5 Å². The van der Waals surface area contributed by atoms with Crippen molar-refractivity contribution in [2.24, 2.45) is 0 Å². The van der Waals surface area contributed by atoms with Crippen LogP contribution in [0.5, 0.6) is 5.75 Å². The van der Waals surface area contributed by atoms with Gasteiger partial charge in [0.25, 0.3) is 0 Å². The van der Waals surface area contributed by atoms with Gasteiger partial charge < -0.3 is 14.5 Å². The fourth-order valence-corrected chi connectivity index (χ4v) is 4.99. The summed E-state index contributed by atoms with van der Waals surface area (Å²) >= 11 is 0. The Morgan fingerprint density at radius 3 is 1.72 bits per heavy atom. The van der Waals surface area contributed by atoms with E-state index < -0.39 is 0 Å². The molecule has 0 N–H and O–H groups in total. The summed E-state index contributed by atoms with van der Waals surface area (Å²) in [5.74, 6) is 1.01. The fourth-order valence-electron chi connectivity index (χ4n) is 4.99. The summed E-state index contributed by atoms with van der Waals surface area (Å²) in [6.07, 6.45) is 0. The van der Waals surface area contributed by atoms with Gasteiger partial charge in [0.05, 0.1) is 29.4 Å². The Morgan fingerprint density at radius 2 is 1.19 bits per heavy atom. The highest BCUT2D eigenvalue weighted by atomic mass is 16.5. The molecule has 3 aromatic rings. The third kappa shape index (κ3) is 3.74. The molecule has 3 aromatic carbocycles. The van der Waals surface area contributed by atoms with Gasteiger partial charge in [0.1, 0.15) is 5.75 Å². The average molecular weight is 429 g/mol. The molecular formula is C29H36N2O. The van der Waals surface area contributed by atoms with Crippen LogP contribution in [-0.4, -0.2) is 18.7 Å². The summed E-state index contributed by atoms with van der Waals surface area (Å²) in [6, 6.07) is 19.0. The highest BCUT2D eigenvalue weighted by Crippen LogP contribution is 2.51. The molecule has 0 saturated carbocycles. The molecule has 0 atom stereocenters. The maximum Gasteiger partial charge on any atom is 0.125 e. The van der Waals surface area contributed by atoms with E-state index in [2.05, 4.69) is 107 Å². The van der Waals surface area contributed by atoms with E-state index in [9.17, 15) is 0 Å². The second kappa shape index (κ2) is 8.54. The number of hydrogen-bond acceptors (Lipinski definition) is 3. The number of nitrogens with zero attached hydrogens (tertiary/aromatic N) is 2. The van der Waals surface area contributed by atoms with Crippen molar-refractivity contribution in [1.82, 2.24) is 0 Å². The van der Waals surface area contributed by atoms with Crippen LogP contribution < -0.4 is 14.5 Å². The SMILES string of the molecule is CCOc1c(C)cc(-c2ccc3c(c2)N(C(C)C)c2ccc(C)cc2N3C(C)C)cc1C. The molecule has 0 saturated heterocycles. The van der Waals surface area contributed by atoms with Gasteiger partial charge >= 0.3 is 0 Å². The summed E-state index contributed by atoms with van der Waals surface area (Å²) in [5, 5.41) is 0. The summed E-state index contributed by atoms with van der Waals surface area (Å²) in [5.41, 5.74) is 11.3. The first-order valence-corrected chi connectivity index (χ1v) is 11.8. The first-order chi connectivity index (χ1) is 15.2. The van der Waals surface area contributed by atoms with Gasteiger partial charge in [-0.2, -0.15) is 0 Å². The Labute approximate surface area is 193 Å². The van der Waals surface area contributed by atoms with Crippen molar-refractivity contribution < 1.29 is 4.74 Å². The third-order valence-electron chi connectivity index (χ3n) is 6.26. The fraction of sp³-hybridized carbons (Fsp3) is 0.379. The van der Waals surface area contributed by atoms with Crippen LogP contribution in [0.2, 0.25) is 0 Å². The van der Waals surface area contributed by atoms with Crippen molar-refractivity contribution >= 4 is 22.7 Å². The molecule has 32 heavy (non-hydrogen) atoms. The lowest BCUT2D eigenvalue weighted by molar-refractivity contribution is 0.335. The van der Waals surface area contributed by atoms with E-state index >= 15 is 0 Å². The summed E-state index contributed by atoms with van der Waals surface area (Å²) in [4.78, 5) is 4.97. The summed E-state index contributed by atoms with van der Waals surface area (Å²) in [6.45, 7) is 18.3. The Hall–Kier alpha value is -2.94. The Kier molecular flexibility index (Phi) is 5.94. The molecular weight excluding hydrogens is 392 g/mol. The first-order valence-electron chi connectivity index (χ1n) is 11.8. The normalized spacial score (nSPS) is 12.9. The van der Waals surface area contributed by atoms with Crippen LogP contribution in [0.1, 0.15) is 51.3 Å². The topological polar surface area (TPSA) is 15.7 Å². The lowest BCUT2D eigenvalue weighted by Crippen LogP contribution is -2.36. The maximum absolute atomic E-state index is 5.87. The van der Waals surface area contributed by atoms with Crippen molar-refractivity contribution in [2.75, 3.05) is 16.4 Å². The van der Waals surface area contributed by atoms with Gasteiger partial charge in [0.2, 0.25) is 0 Å². The molecule has 4 rings (SSSR count). The van der Waals surface area contributed by atoms with Gasteiger partial charge in [-0.15, -0.1) is 0 Å². The van der Waals surface area contributed by atoms with Crippen LogP contribution in [0, 0.1) is 20.8 Å². The molecule has 3 heteroatoms. The summed E-state index contributed by atoms with van der Waals surface area (Å²) in [7, 11) is 0. The number of ether oxygens (including phenoxy) is 1. The zero-order valence-corrected chi connectivity index (χ0v) is 20.8. The Balaban J connectivity index is 1.90. The van der Waals surface area contributed by atoms with Crippen molar-refractivity contribution in [3.63, 3.8) is 0 Å². The van der Waals surface area contributed by atoms with Gasteiger partial charge in [0, 0.05) is 12.1 Å². The molecule has 0 aliphatic carbocycles. The number of hydrogen-bond donors (Lipinski definition) is 0. The number of fused-ring (bicyclic) bond motifs is 2. The van der Waals surface area contributed by atoms with Gasteiger partial charge in [-0.1, -0.05) is 12.1 Å². The Morgan fingerprint density at radius 1 is 0.656 bits per heavy atom. The second-order valence-electron chi connectivity index (χ2n) is 9.50.